The maximum atomic E-state index is 9.15. The van der Waals surface area contributed by atoms with Gasteiger partial charge < -0.3 is 21.7 Å². The summed E-state index contributed by atoms with van der Waals surface area (Å²) in [6.07, 6.45) is 1.43. The zero-order valence-corrected chi connectivity index (χ0v) is 8.09. The smallest absolute Gasteiger partial charge is 0.145 e. The first-order valence-corrected chi connectivity index (χ1v) is 4.42. The second-order valence-corrected chi connectivity index (χ2v) is 3.34. The van der Waals surface area contributed by atoms with Gasteiger partial charge in [-0.15, -0.1) is 0 Å². The third-order valence-electron chi connectivity index (χ3n) is 2.31. The first kappa shape index (κ1) is 10.8. The van der Waals surface area contributed by atoms with Crippen molar-refractivity contribution < 1.29 is 10.2 Å². The van der Waals surface area contributed by atoms with E-state index < -0.39 is 0 Å². The summed E-state index contributed by atoms with van der Waals surface area (Å²) >= 11 is 0. The lowest BCUT2D eigenvalue weighted by Crippen LogP contribution is -2.25. The fourth-order valence-corrected chi connectivity index (χ4v) is 1.27. The second-order valence-electron chi connectivity index (χ2n) is 3.34. The predicted octanol–water partition coefficient (Wildman–Crippen LogP) is -0.791. The maximum Gasteiger partial charge on any atom is 0.145 e. The van der Waals surface area contributed by atoms with Crippen LogP contribution in [0.5, 0.6) is 0 Å². The molecule has 2 atom stereocenters. The average molecular weight is 200 g/mol. The van der Waals surface area contributed by atoms with Gasteiger partial charge in [-0.05, 0) is 0 Å². The Labute approximate surface area is 82.1 Å². The van der Waals surface area contributed by atoms with Gasteiger partial charge in [-0.25, -0.2) is 4.68 Å². The molecule has 6 N–H and O–H groups in total. The van der Waals surface area contributed by atoms with E-state index in [1.807, 2.05) is 0 Å². The van der Waals surface area contributed by atoms with E-state index in [-0.39, 0.29) is 25.2 Å². The predicted molar refractivity (Wildman–Crippen MR) is 53.4 cm³/mol. The van der Waals surface area contributed by atoms with Gasteiger partial charge in [-0.3, -0.25) is 0 Å². The van der Waals surface area contributed by atoms with E-state index in [4.69, 9.17) is 21.7 Å². The minimum atomic E-state index is -0.336. The first-order valence-electron chi connectivity index (χ1n) is 4.42. The van der Waals surface area contributed by atoms with Crippen LogP contribution in [-0.4, -0.2) is 33.2 Å². The molecule has 0 bridgehead atoms. The normalized spacial score (nSPS) is 15.4. The Bertz CT molecular complexity index is 300. The summed E-state index contributed by atoms with van der Waals surface area (Å²) in [5, 5.41) is 22.1. The number of aliphatic hydroxyl groups excluding tert-OH is 2. The number of anilines is 2. The number of hydrogen-bond donors (Lipinski definition) is 4. The molecule has 0 fully saturated rings. The van der Waals surface area contributed by atoms with Crippen molar-refractivity contribution in [3.8, 4) is 0 Å². The second kappa shape index (κ2) is 4.30. The standard InChI is InChI=1S/C8H16N4O2/c1-5(3-13)7(4-14)12-8(10)6(9)2-11-12/h2,5,7,13-14H,3-4,9-10H2,1H3. The highest BCUT2D eigenvalue weighted by Crippen LogP contribution is 2.23. The van der Waals surface area contributed by atoms with Crippen LogP contribution in [0.1, 0.15) is 13.0 Å². The molecule has 0 spiro atoms. The summed E-state index contributed by atoms with van der Waals surface area (Å²) in [6, 6.07) is -0.336. The molecule has 0 radical (unpaired) electrons. The summed E-state index contributed by atoms with van der Waals surface area (Å²) in [5.41, 5.74) is 11.6. The average Bonchev–Trinajstić information content (AvgIpc) is 2.50. The number of nitrogens with two attached hydrogens (primary N) is 2. The fraction of sp³-hybridized carbons (Fsp3) is 0.625. The fourth-order valence-electron chi connectivity index (χ4n) is 1.27. The zero-order chi connectivity index (χ0) is 10.7. The molecule has 2 unspecified atom stereocenters. The van der Waals surface area contributed by atoms with Gasteiger partial charge in [0.05, 0.1) is 24.5 Å². The van der Waals surface area contributed by atoms with E-state index in [1.54, 1.807) is 6.92 Å². The lowest BCUT2D eigenvalue weighted by atomic mass is 10.0. The van der Waals surface area contributed by atoms with E-state index in [0.717, 1.165) is 0 Å². The molecule has 1 heterocycles. The molecular weight excluding hydrogens is 184 g/mol. The van der Waals surface area contributed by atoms with Gasteiger partial charge in [0.1, 0.15) is 5.82 Å². The monoisotopic (exact) mass is 200 g/mol. The molecular formula is C8H16N4O2. The molecule has 6 heteroatoms. The number of aliphatic hydroxyl groups is 2. The summed E-state index contributed by atoms with van der Waals surface area (Å²) in [4.78, 5) is 0. The Hall–Kier alpha value is -1.27. The van der Waals surface area contributed by atoms with E-state index >= 15 is 0 Å². The molecule has 0 saturated carbocycles. The Kier molecular flexibility index (Phi) is 3.32. The highest BCUT2D eigenvalue weighted by Gasteiger charge is 2.21. The lowest BCUT2D eigenvalue weighted by molar-refractivity contribution is 0.128. The molecule has 1 rings (SSSR count). The molecule has 1 aromatic heterocycles. The van der Waals surface area contributed by atoms with Crippen molar-refractivity contribution in [2.45, 2.75) is 13.0 Å². The Balaban J connectivity index is 2.94. The van der Waals surface area contributed by atoms with Crippen LogP contribution in [0.4, 0.5) is 11.5 Å². The number of rotatable bonds is 4. The number of nitrogen functional groups attached to an aromatic ring is 2. The largest absolute Gasteiger partial charge is 0.396 e. The molecule has 0 amide bonds. The third kappa shape index (κ3) is 1.80. The van der Waals surface area contributed by atoms with Crippen LogP contribution in [0, 0.1) is 5.92 Å². The van der Waals surface area contributed by atoms with Crippen LogP contribution in [0.2, 0.25) is 0 Å². The molecule has 0 aromatic carbocycles. The summed E-state index contributed by atoms with van der Waals surface area (Å²) in [5.74, 6) is 0.200. The molecule has 0 saturated heterocycles. The molecule has 0 aliphatic carbocycles. The van der Waals surface area contributed by atoms with Gasteiger partial charge in [0.15, 0.2) is 0 Å². The van der Waals surface area contributed by atoms with Gasteiger partial charge >= 0.3 is 0 Å². The van der Waals surface area contributed by atoms with Crippen LogP contribution in [0.25, 0.3) is 0 Å². The Morgan fingerprint density at radius 3 is 2.43 bits per heavy atom. The Morgan fingerprint density at radius 1 is 1.43 bits per heavy atom. The zero-order valence-electron chi connectivity index (χ0n) is 8.09. The van der Waals surface area contributed by atoms with Crippen molar-refractivity contribution in [2.75, 3.05) is 24.7 Å². The van der Waals surface area contributed by atoms with Crippen molar-refractivity contribution in [3.63, 3.8) is 0 Å². The molecule has 14 heavy (non-hydrogen) atoms. The van der Waals surface area contributed by atoms with Gasteiger partial charge in [0.2, 0.25) is 0 Å². The topological polar surface area (TPSA) is 110 Å². The van der Waals surface area contributed by atoms with Crippen LogP contribution in [0.15, 0.2) is 6.20 Å². The van der Waals surface area contributed by atoms with Gasteiger partial charge in [0.25, 0.3) is 0 Å². The minimum Gasteiger partial charge on any atom is -0.396 e. The van der Waals surface area contributed by atoms with Crippen molar-refractivity contribution >= 4 is 11.5 Å². The number of aromatic nitrogens is 2. The SMILES string of the molecule is CC(CO)C(CO)n1ncc(N)c1N. The van der Waals surface area contributed by atoms with E-state index in [0.29, 0.717) is 11.5 Å². The van der Waals surface area contributed by atoms with Crippen LogP contribution >= 0.6 is 0 Å². The highest BCUT2D eigenvalue weighted by molar-refractivity contribution is 5.57. The molecule has 80 valence electrons. The van der Waals surface area contributed by atoms with Crippen molar-refractivity contribution in [1.82, 2.24) is 9.78 Å². The number of nitrogens with zero attached hydrogens (tertiary/aromatic N) is 2. The van der Waals surface area contributed by atoms with E-state index in [1.165, 1.54) is 10.9 Å². The quantitative estimate of drug-likeness (QED) is 0.509. The first-order chi connectivity index (χ1) is 6.61. The van der Waals surface area contributed by atoms with Crippen molar-refractivity contribution in [1.29, 1.82) is 0 Å². The van der Waals surface area contributed by atoms with Gasteiger partial charge in [0, 0.05) is 12.5 Å². The van der Waals surface area contributed by atoms with E-state index in [2.05, 4.69) is 5.10 Å². The van der Waals surface area contributed by atoms with Gasteiger partial charge in [-0.1, -0.05) is 6.92 Å². The Morgan fingerprint density at radius 2 is 2.07 bits per heavy atom. The molecule has 6 nitrogen and oxygen atoms in total. The summed E-state index contributed by atoms with van der Waals surface area (Å²) in [6.45, 7) is 1.63. The number of hydrogen-bond acceptors (Lipinski definition) is 5. The summed E-state index contributed by atoms with van der Waals surface area (Å²) in [7, 11) is 0. The lowest BCUT2D eigenvalue weighted by Gasteiger charge is -2.21. The van der Waals surface area contributed by atoms with Crippen molar-refractivity contribution in [2.24, 2.45) is 5.92 Å². The van der Waals surface area contributed by atoms with E-state index in [9.17, 15) is 0 Å². The molecule has 0 aliphatic heterocycles. The highest BCUT2D eigenvalue weighted by atomic mass is 16.3. The van der Waals surface area contributed by atoms with Gasteiger partial charge in [-0.2, -0.15) is 5.10 Å². The van der Waals surface area contributed by atoms with Crippen LogP contribution in [-0.2, 0) is 0 Å². The molecule has 1 aromatic rings. The van der Waals surface area contributed by atoms with Crippen LogP contribution < -0.4 is 11.5 Å². The van der Waals surface area contributed by atoms with Crippen molar-refractivity contribution in [3.05, 3.63) is 6.20 Å². The minimum absolute atomic E-state index is 0.0373. The third-order valence-corrected chi connectivity index (χ3v) is 2.31. The molecule has 0 aliphatic rings. The summed E-state index contributed by atoms with van der Waals surface area (Å²) < 4.78 is 1.44. The van der Waals surface area contributed by atoms with Crippen LogP contribution in [0.3, 0.4) is 0 Å². The maximum absolute atomic E-state index is 9.15.